The van der Waals surface area contributed by atoms with E-state index in [9.17, 15) is 4.79 Å². The molecule has 1 aromatic rings. The second-order valence-corrected chi connectivity index (χ2v) is 5.31. The van der Waals surface area contributed by atoms with Crippen LogP contribution in [0.1, 0.15) is 35.4 Å². The summed E-state index contributed by atoms with van der Waals surface area (Å²) in [5, 5.41) is 3.45. The number of anilines is 1. The highest BCUT2D eigenvalue weighted by atomic mass is 35.5. The molecule has 1 N–H and O–H groups in total. The predicted molar refractivity (Wildman–Crippen MR) is 75.9 cm³/mol. The van der Waals surface area contributed by atoms with Crippen molar-refractivity contribution in [1.82, 2.24) is 14.9 Å². The lowest BCUT2D eigenvalue weighted by Crippen LogP contribution is -2.41. The van der Waals surface area contributed by atoms with Gasteiger partial charge in [-0.05, 0) is 33.4 Å². The summed E-state index contributed by atoms with van der Waals surface area (Å²) in [5.74, 6) is 1.10. The molecule has 2 rings (SSSR count). The van der Waals surface area contributed by atoms with Crippen molar-refractivity contribution < 1.29 is 4.79 Å². The Morgan fingerprint density at radius 1 is 1.47 bits per heavy atom. The summed E-state index contributed by atoms with van der Waals surface area (Å²) in [4.78, 5) is 21.6. The number of aromatic nitrogens is 2. The average molecular weight is 283 g/mol. The third-order valence-corrected chi connectivity index (χ3v) is 3.84. The van der Waals surface area contributed by atoms with Crippen LogP contribution in [-0.4, -0.2) is 47.3 Å². The minimum Gasteiger partial charge on any atom is -0.368 e. The number of likely N-dealkylation sites (tertiary alicyclic amines) is 1. The Labute approximate surface area is 118 Å². The number of nitrogens with one attached hydrogen (secondary N) is 1. The van der Waals surface area contributed by atoms with Gasteiger partial charge in [0.2, 0.25) is 0 Å². The number of carbonyl (C=O) groups excluding carboxylic acids is 1. The van der Waals surface area contributed by atoms with Crippen LogP contribution in [0.25, 0.3) is 0 Å². The molecule has 1 unspecified atom stereocenters. The van der Waals surface area contributed by atoms with Crippen molar-refractivity contribution in [3.63, 3.8) is 0 Å². The Morgan fingerprint density at radius 2 is 2.26 bits per heavy atom. The van der Waals surface area contributed by atoms with Crippen LogP contribution in [0.3, 0.4) is 0 Å². The van der Waals surface area contributed by atoms with E-state index >= 15 is 0 Å². The Hall–Kier alpha value is -1.20. The van der Waals surface area contributed by atoms with Crippen molar-refractivity contribution in [1.29, 1.82) is 0 Å². The monoisotopic (exact) mass is 282 g/mol. The molecular weight excluding hydrogens is 264 g/mol. The zero-order valence-corrected chi connectivity index (χ0v) is 12.1. The summed E-state index contributed by atoms with van der Waals surface area (Å²) >= 11 is 5.95. The molecule has 0 saturated carbocycles. The Balaban J connectivity index is 2.08. The van der Waals surface area contributed by atoms with Gasteiger partial charge in [-0.25, -0.2) is 9.97 Å². The number of likely N-dealkylation sites (N-methyl/N-ethyl adjacent to an activating group) is 1. The minimum atomic E-state index is 0.210. The molecule has 0 aromatic carbocycles. The summed E-state index contributed by atoms with van der Waals surface area (Å²) < 4.78 is 0. The lowest BCUT2D eigenvalue weighted by atomic mass is 10.0. The molecule has 2 heterocycles. The fraction of sp³-hybridized carbons (Fsp3) is 0.615. The first kappa shape index (κ1) is 14.2. The fourth-order valence-corrected chi connectivity index (χ4v) is 2.66. The number of hydrogen-bond acceptors (Lipinski definition) is 5. The molecular formula is C13H19ClN4O. The molecule has 1 atom stereocenters. The van der Waals surface area contributed by atoms with Crippen molar-refractivity contribution in [3.05, 3.63) is 16.5 Å². The summed E-state index contributed by atoms with van der Waals surface area (Å²) in [6.07, 6.45) is 4.37. The first-order valence-corrected chi connectivity index (χ1v) is 6.93. The summed E-state index contributed by atoms with van der Waals surface area (Å²) in [6.45, 7) is 3.65. The first-order valence-electron chi connectivity index (χ1n) is 6.55. The van der Waals surface area contributed by atoms with Gasteiger partial charge < -0.3 is 10.2 Å². The third kappa shape index (κ3) is 3.42. The molecule has 19 heavy (non-hydrogen) atoms. The summed E-state index contributed by atoms with van der Waals surface area (Å²) in [7, 11) is 2.13. The Morgan fingerprint density at radius 3 is 2.95 bits per heavy atom. The zero-order chi connectivity index (χ0) is 13.8. The van der Waals surface area contributed by atoms with Crippen LogP contribution in [0.15, 0.2) is 0 Å². The van der Waals surface area contributed by atoms with Crippen molar-refractivity contribution in [2.75, 3.05) is 25.5 Å². The molecule has 104 valence electrons. The van der Waals surface area contributed by atoms with E-state index in [1.54, 1.807) is 6.92 Å². The van der Waals surface area contributed by atoms with Gasteiger partial charge in [-0.15, -0.1) is 0 Å². The molecule has 6 heteroatoms. The highest BCUT2D eigenvalue weighted by Gasteiger charge is 2.19. The topological polar surface area (TPSA) is 58.1 Å². The van der Waals surface area contributed by atoms with Crippen LogP contribution in [0, 0.1) is 6.92 Å². The molecule has 1 aliphatic rings. The standard InChI is InChI=1S/C13H19ClN4O/c1-9-16-12(14)11(8-19)13(17-9)15-7-10-5-3-4-6-18(10)2/h8,10H,3-7H2,1-2H3,(H,15,16,17). The molecule has 1 aromatic heterocycles. The van der Waals surface area contributed by atoms with E-state index in [1.165, 1.54) is 12.8 Å². The first-order chi connectivity index (χ1) is 9.11. The van der Waals surface area contributed by atoms with Crippen molar-refractivity contribution >= 4 is 23.7 Å². The molecule has 5 nitrogen and oxygen atoms in total. The second-order valence-electron chi connectivity index (χ2n) is 4.95. The quantitative estimate of drug-likeness (QED) is 0.677. The van der Waals surface area contributed by atoms with Gasteiger partial charge in [-0.3, -0.25) is 4.79 Å². The van der Waals surface area contributed by atoms with Gasteiger partial charge >= 0.3 is 0 Å². The van der Waals surface area contributed by atoms with Crippen molar-refractivity contribution in [2.45, 2.75) is 32.2 Å². The van der Waals surface area contributed by atoms with Gasteiger partial charge in [-0.2, -0.15) is 0 Å². The number of hydrogen-bond donors (Lipinski definition) is 1. The van der Waals surface area contributed by atoms with Crippen molar-refractivity contribution in [2.24, 2.45) is 0 Å². The van der Waals surface area contributed by atoms with Crippen molar-refractivity contribution in [3.8, 4) is 0 Å². The summed E-state index contributed by atoms with van der Waals surface area (Å²) in [6, 6.07) is 0.474. The Kier molecular flexibility index (Phi) is 4.71. The van der Waals surface area contributed by atoms with Gasteiger partial charge in [-0.1, -0.05) is 18.0 Å². The highest BCUT2D eigenvalue weighted by molar-refractivity contribution is 6.32. The van der Waals surface area contributed by atoms with Crippen LogP contribution in [-0.2, 0) is 0 Å². The maximum atomic E-state index is 11.1. The van der Waals surface area contributed by atoms with E-state index in [4.69, 9.17) is 11.6 Å². The zero-order valence-electron chi connectivity index (χ0n) is 11.3. The molecule has 0 aliphatic carbocycles. The third-order valence-electron chi connectivity index (χ3n) is 3.56. The maximum absolute atomic E-state index is 11.1. The highest BCUT2D eigenvalue weighted by Crippen LogP contribution is 2.20. The van der Waals surface area contributed by atoms with Crippen LogP contribution in [0.4, 0.5) is 5.82 Å². The normalized spacial score (nSPS) is 20.3. The van der Waals surface area contributed by atoms with Crippen LogP contribution in [0.5, 0.6) is 0 Å². The van der Waals surface area contributed by atoms with Gasteiger partial charge in [0.05, 0.1) is 5.56 Å². The number of halogens is 1. The maximum Gasteiger partial charge on any atom is 0.156 e. The second kappa shape index (κ2) is 6.30. The van der Waals surface area contributed by atoms with E-state index in [-0.39, 0.29) is 5.15 Å². The van der Waals surface area contributed by atoms with E-state index in [1.807, 2.05) is 0 Å². The Bertz CT molecular complexity index is 466. The molecule has 1 aliphatic heterocycles. The van der Waals surface area contributed by atoms with Gasteiger partial charge in [0.1, 0.15) is 16.8 Å². The SMILES string of the molecule is Cc1nc(Cl)c(C=O)c(NCC2CCCCN2C)n1. The van der Waals surface area contributed by atoms with E-state index in [2.05, 4.69) is 27.2 Å². The number of piperidine rings is 1. The predicted octanol–water partition coefficient (Wildman–Crippen LogP) is 2.15. The number of rotatable bonds is 4. The lowest BCUT2D eigenvalue weighted by Gasteiger charge is -2.32. The lowest BCUT2D eigenvalue weighted by molar-refractivity contribution is 0.112. The van der Waals surface area contributed by atoms with E-state index in [0.29, 0.717) is 29.5 Å². The number of nitrogens with zero attached hydrogens (tertiary/aromatic N) is 3. The van der Waals surface area contributed by atoms with Gasteiger partial charge in [0, 0.05) is 12.6 Å². The molecule has 1 fully saturated rings. The molecule has 0 spiro atoms. The molecule has 0 amide bonds. The molecule has 1 saturated heterocycles. The number of carbonyl (C=O) groups is 1. The van der Waals surface area contributed by atoms with E-state index in [0.717, 1.165) is 19.5 Å². The number of aryl methyl sites for hydroxylation is 1. The summed E-state index contributed by atoms with van der Waals surface area (Å²) in [5.41, 5.74) is 0.339. The van der Waals surface area contributed by atoms with Crippen LogP contribution >= 0.6 is 11.6 Å². The number of aldehydes is 1. The van der Waals surface area contributed by atoms with Gasteiger partial charge in [0.25, 0.3) is 0 Å². The van der Waals surface area contributed by atoms with Crippen LogP contribution < -0.4 is 5.32 Å². The minimum absolute atomic E-state index is 0.210. The smallest absolute Gasteiger partial charge is 0.156 e. The van der Waals surface area contributed by atoms with Gasteiger partial charge in [0.15, 0.2) is 6.29 Å². The molecule has 0 radical (unpaired) electrons. The fourth-order valence-electron chi connectivity index (χ4n) is 2.40. The molecule has 0 bridgehead atoms. The van der Waals surface area contributed by atoms with Crippen LogP contribution in [0.2, 0.25) is 5.15 Å². The largest absolute Gasteiger partial charge is 0.368 e. The van der Waals surface area contributed by atoms with E-state index < -0.39 is 0 Å². The average Bonchev–Trinajstić information content (AvgIpc) is 2.37.